The number of carboxylic acid groups (broad SMARTS) is 1. The van der Waals surface area contributed by atoms with Crippen LogP contribution in [-0.2, 0) is 4.79 Å². The monoisotopic (exact) mass is 276 g/mol. The van der Waals surface area contributed by atoms with Crippen molar-refractivity contribution in [3.8, 4) is 0 Å². The van der Waals surface area contributed by atoms with Crippen molar-refractivity contribution in [2.45, 2.75) is 20.8 Å². The lowest BCUT2D eigenvalue weighted by Crippen LogP contribution is -2.31. The van der Waals surface area contributed by atoms with Gasteiger partial charge in [-0.05, 0) is 19.9 Å². The lowest BCUT2D eigenvalue weighted by molar-refractivity contribution is -0.140. The van der Waals surface area contributed by atoms with Crippen molar-refractivity contribution >= 4 is 17.5 Å². The van der Waals surface area contributed by atoms with Crippen LogP contribution in [0.4, 0.5) is 0 Å². The van der Waals surface area contributed by atoms with E-state index in [1.54, 1.807) is 4.52 Å². The Balaban J connectivity index is 2.25. The highest BCUT2D eigenvalue weighted by Gasteiger charge is 2.17. The van der Waals surface area contributed by atoms with Crippen LogP contribution in [0, 0.1) is 19.8 Å². The molecule has 0 aromatic carbocycles. The molecule has 2 aromatic heterocycles. The fourth-order valence-electron chi connectivity index (χ4n) is 1.86. The molecule has 2 aromatic rings. The van der Waals surface area contributed by atoms with Crippen molar-refractivity contribution in [3.05, 3.63) is 29.2 Å². The summed E-state index contributed by atoms with van der Waals surface area (Å²) >= 11 is 0. The summed E-state index contributed by atoms with van der Waals surface area (Å²) in [5, 5.41) is 15.5. The molecular formula is C13H16N4O3. The van der Waals surface area contributed by atoms with Gasteiger partial charge in [-0.25, -0.2) is 9.50 Å². The second-order valence-corrected chi connectivity index (χ2v) is 4.78. The maximum Gasteiger partial charge on any atom is 0.308 e. The van der Waals surface area contributed by atoms with Crippen molar-refractivity contribution < 1.29 is 14.7 Å². The molecule has 0 radical (unpaired) electrons. The van der Waals surface area contributed by atoms with Gasteiger partial charge < -0.3 is 10.4 Å². The highest BCUT2D eigenvalue weighted by atomic mass is 16.4. The van der Waals surface area contributed by atoms with Crippen LogP contribution in [0.5, 0.6) is 0 Å². The quantitative estimate of drug-likeness (QED) is 0.860. The molecule has 0 saturated carbocycles. The molecule has 7 nitrogen and oxygen atoms in total. The zero-order valence-corrected chi connectivity index (χ0v) is 11.5. The number of hydrogen-bond acceptors (Lipinski definition) is 4. The summed E-state index contributed by atoms with van der Waals surface area (Å²) in [5.74, 6) is -1.96. The van der Waals surface area contributed by atoms with Crippen LogP contribution in [0.15, 0.2) is 12.3 Å². The smallest absolute Gasteiger partial charge is 0.308 e. The first kappa shape index (κ1) is 14.0. The van der Waals surface area contributed by atoms with Crippen molar-refractivity contribution in [2.24, 2.45) is 5.92 Å². The number of rotatable bonds is 4. The molecule has 2 heterocycles. The predicted molar refractivity (Wildman–Crippen MR) is 71.6 cm³/mol. The summed E-state index contributed by atoms with van der Waals surface area (Å²) in [6.45, 7) is 5.32. The summed E-state index contributed by atoms with van der Waals surface area (Å²) in [6, 6.07) is 1.87. The number of carboxylic acids is 1. The normalized spacial score (nSPS) is 12.3. The van der Waals surface area contributed by atoms with Gasteiger partial charge in [0.1, 0.15) is 5.56 Å². The summed E-state index contributed by atoms with van der Waals surface area (Å²) in [4.78, 5) is 27.1. The molecule has 2 rings (SSSR count). The van der Waals surface area contributed by atoms with Crippen molar-refractivity contribution in [1.29, 1.82) is 0 Å². The minimum Gasteiger partial charge on any atom is -0.481 e. The van der Waals surface area contributed by atoms with E-state index in [1.807, 2.05) is 19.9 Å². The van der Waals surface area contributed by atoms with Gasteiger partial charge in [-0.2, -0.15) is 5.10 Å². The van der Waals surface area contributed by atoms with E-state index in [1.165, 1.54) is 13.1 Å². The van der Waals surface area contributed by atoms with Crippen LogP contribution in [-0.4, -0.2) is 38.1 Å². The van der Waals surface area contributed by atoms with E-state index in [4.69, 9.17) is 5.11 Å². The molecule has 0 bridgehead atoms. The Kier molecular flexibility index (Phi) is 3.69. The average molecular weight is 276 g/mol. The minimum absolute atomic E-state index is 0.0658. The minimum atomic E-state index is -0.949. The Labute approximate surface area is 115 Å². The highest BCUT2D eigenvalue weighted by Crippen LogP contribution is 2.11. The third-order valence-electron chi connectivity index (χ3n) is 3.01. The Hall–Kier alpha value is -2.44. The van der Waals surface area contributed by atoms with Gasteiger partial charge >= 0.3 is 5.97 Å². The number of carbonyl (C=O) groups is 2. The fourth-order valence-corrected chi connectivity index (χ4v) is 1.86. The molecule has 0 saturated heterocycles. The molecule has 0 fully saturated rings. The molecule has 1 amide bonds. The Morgan fingerprint density at radius 2 is 2.15 bits per heavy atom. The number of amides is 1. The van der Waals surface area contributed by atoms with Gasteiger partial charge in [0, 0.05) is 17.9 Å². The first-order valence-corrected chi connectivity index (χ1v) is 6.23. The van der Waals surface area contributed by atoms with Gasteiger partial charge in [0.25, 0.3) is 5.91 Å². The molecule has 2 N–H and O–H groups in total. The summed E-state index contributed by atoms with van der Waals surface area (Å²) < 4.78 is 1.59. The number of nitrogens with zero attached hydrogens (tertiary/aromatic N) is 3. The van der Waals surface area contributed by atoms with E-state index in [-0.39, 0.29) is 12.5 Å². The zero-order valence-electron chi connectivity index (χ0n) is 11.5. The van der Waals surface area contributed by atoms with E-state index >= 15 is 0 Å². The molecule has 20 heavy (non-hydrogen) atoms. The number of aryl methyl sites for hydroxylation is 2. The Morgan fingerprint density at radius 3 is 2.80 bits per heavy atom. The Morgan fingerprint density at radius 1 is 1.45 bits per heavy atom. The van der Waals surface area contributed by atoms with Crippen LogP contribution in [0.1, 0.15) is 28.7 Å². The van der Waals surface area contributed by atoms with E-state index in [0.29, 0.717) is 11.2 Å². The largest absolute Gasteiger partial charge is 0.481 e. The lowest BCUT2D eigenvalue weighted by Gasteiger charge is -2.07. The SMILES string of the molecule is Cc1cc(C)n2ncc(C(=O)NCC(C)C(=O)O)c2n1. The molecule has 0 spiro atoms. The molecule has 0 aliphatic carbocycles. The van der Waals surface area contributed by atoms with Crippen LogP contribution >= 0.6 is 0 Å². The predicted octanol–water partition coefficient (Wildman–Crippen LogP) is 0.797. The van der Waals surface area contributed by atoms with E-state index in [9.17, 15) is 9.59 Å². The Bertz CT molecular complexity index is 678. The molecule has 106 valence electrons. The number of carbonyl (C=O) groups excluding carboxylic acids is 1. The van der Waals surface area contributed by atoms with Crippen molar-refractivity contribution in [3.63, 3.8) is 0 Å². The number of hydrogen-bond donors (Lipinski definition) is 2. The fraction of sp³-hybridized carbons (Fsp3) is 0.385. The van der Waals surface area contributed by atoms with Crippen LogP contribution < -0.4 is 5.32 Å². The van der Waals surface area contributed by atoms with Crippen molar-refractivity contribution in [1.82, 2.24) is 19.9 Å². The third kappa shape index (κ3) is 2.61. The zero-order chi connectivity index (χ0) is 14.9. The van der Waals surface area contributed by atoms with Gasteiger partial charge in [0.2, 0.25) is 0 Å². The van der Waals surface area contributed by atoms with Crippen LogP contribution in [0.25, 0.3) is 5.65 Å². The van der Waals surface area contributed by atoms with Gasteiger partial charge in [0.05, 0.1) is 12.1 Å². The number of aromatic nitrogens is 3. The van der Waals surface area contributed by atoms with Crippen LogP contribution in [0.2, 0.25) is 0 Å². The first-order chi connectivity index (χ1) is 9.40. The molecule has 7 heteroatoms. The maximum atomic E-state index is 12.1. The molecule has 1 atom stereocenters. The summed E-state index contributed by atoms with van der Waals surface area (Å²) in [5.41, 5.74) is 2.49. The van der Waals surface area contributed by atoms with E-state index in [0.717, 1.165) is 11.4 Å². The lowest BCUT2D eigenvalue weighted by atomic mass is 10.2. The van der Waals surface area contributed by atoms with Gasteiger partial charge in [-0.1, -0.05) is 6.92 Å². The first-order valence-electron chi connectivity index (χ1n) is 6.23. The average Bonchev–Trinajstić information content (AvgIpc) is 2.79. The molecule has 0 aliphatic rings. The second-order valence-electron chi connectivity index (χ2n) is 4.78. The second kappa shape index (κ2) is 5.28. The van der Waals surface area contributed by atoms with Gasteiger partial charge in [-0.15, -0.1) is 0 Å². The molecule has 0 aliphatic heterocycles. The summed E-state index contributed by atoms with van der Waals surface area (Å²) in [7, 11) is 0. The number of aliphatic carboxylic acids is 1. The standard InChI is InChI=1S/C13H16N4O3/c1-7(13(19)20)5-14-12(18)10-6-15-17-9(3)4-8(2)16-11(10)17/h4,6-7H,5H2,1-3H3,(H,14,18)(H,19,20). The van der Waals surface area contributed by atoms with Gasteiger partial charge in [0.15, 0.2) is 5.65 Å². The molecule has 1 unspecified atom stereocenters. The number of nitrogens with one attached hydrogen (secondary N) is 1. The summed E-state index contributed by atoms with van der Waals surface area (Å²) in [6.07, 6.45) is 1.44. The third-order valence-corrected chi connectivity index (χ3v) is 3.01. The van der Waals surface area contributed by atoms with Gasteiger partial charge in [-0.3, -0.25) is 9.59 Å². The highest BCUT2D eigenvalue weighted by molar-refractivity contribution is 5.99. The molecular weight excluding hydrogens is 260 g/mol. The topological polar surface area (TPSA) is 96.6 Å². The van der Waals surface area contributed by atoms with E-state index < -0.39 is 11.9 Å². The van der Waals surface area contributed by atoms with Crippen LogP contribution in [0.3, 0.4) is 0 Å². The maximum absolute atomic E-state index is 12.1. The van der Waals surface area contributed by atoms with Crippen molar-refractivity contribution in [2.75, 3.05) is 6.54 Å². The number of fused-ring (bicyclic) bond motifs is 1. The van der Waals surface area contributed by atoms with E-state index in [2.05, 4.69) is 15.4 Å².